The Balaban J connectivity index is 2.25. The van der Waals surface area contributed by atoms with Gasteiger partial charge in [0.15, 0.2) is 5.65 Å². The molecule has 0 radical (unpaired) electrons. The van der Waals surface area contributed by atoms with Gasteiger partial charge in [0, 0.05) is 24.4 Å². The van der Waals surface area contributed by atoms with Gasteiger partial charge in [0.1, 0.15) is 5.56 Å². The summed E-state index contributed by atoms with van der Waals surface area (Å²) in [4.78, 5) is 27.5. The maximum absolute atomic E-state index is 12.4. The normalized spacial score (nSPS) is 12.4. The summed E-state index contributed by atoms with van der Waals surface area (Å²) in [6, 6.07) is 1.90. The summed E-state index contributed by atoms with van der Waals surface area (Å²) in [5.41, 5.74) is 3.29. The van der Waals surface area contributed by atoms with Crippen molar-refractivity contribution in [3.63, 3.8) is 0 Å². The molecule has 0 aliphatic carbocycles. The number of nitrogens with zero attached hydrogens (tertiary/aromatic N) is 3. The molecule has 2 aromatic heterocycles. The third kappa shape index (κ3) is 3.24. The van der Waals surface area contributed by atoms with Gasteiger partial charge in [-0.1, -0.05) is 6.92 Å². The zero-order chi connectivity index (χ0) is 16.4. The minimum atomic E-state index is -0.873. The van der Waals surface area contributed by atoms with Crippen molar-refractivity contribution < 1.29 is 14.7 Å². The zero-order valence-corrected chi connectivity index (χ0v) is 13.2. The number of rotatable bonds is 5. The number of carbonyl (C=O) groups is 2. The van der Waals surface area contributed by atoms with E-state index in [0.717, 1.165) is 11.4 Å². The van der Waals surface area contributed by atoms with Gasteiger partial charge in [0.05, 0.1) is 5.69 Å². The lowest BCUT2D eigenvalue weighted by atomic mass is 10.1. The number of carboxylic acid groups (broad SMARTS) is 1. The maximum Gasteiger partial charge on any atom is 0.303 e. The van der Waals surface area contributed by atoms with Crippen molar-refractivity contribution in [2.75, 3.05) is 6.54 Å². The average Bonchev–Trinajstić information content (AvgIpc) is 2.72. The van der Waals surface area contributed by atoms with E-state index in [-0.39, 0.29) is 18.2 Å². The highest BCUT2D eigenvalue weighted by Crippen LogP contribution is 2.16. The molecule has 1 unspecified atom stereocenters. The van der Waals surface area contributed by atoms with Crippen LogP contribution < -0.4 is 5.32 Å². The van der Waals surface area contributed by atoms with Crippen LogP contribution in [0.2, 0.25) is 0 Å². The molecular weight excluding hydrogens is 284 g/mol. The first kappa shape index (κ1) is 15.9. The average molecular weight is 304 g/mol. The Labute approximate surface area is 128 Å². The summed E-state index contributed by atoms with van der Waals surface area (Å²) < 4.78 is 1.65. The summed E-state index contributed by atoms with van der Waals surface area (Å²) in [5, 5.41) is 15.9. The topological polar surface area (TPSA) is 96.6 Å². The zero-order valence-electron chi connectivity index (χ0n) is 13.2. The number of carbonyl (C=O) groups excluding carboxylic acids is 1. The fourth-order valence-electron chi connectivity index (χ4n) is 2.42. The molecule has 0 saturated carbocycles. The van der Waals surface area contributed by atoms with E-state index >= 15 is 0 Å². The van der Waals surface area contributed by atoms with Crippen LogP contribution in [0.15, 0.2) is 6.07 Å². The van der Waals surface area contributed by atoms with Crippen LogP contribution in [0.4, 0.5) is 0 Å². The number of carboxylic acids is 1. The molecule has 0 aromatic carbocycles. The number of aryl methyl sites for hydroxylation is 3. The highest BCUT2D eigenvalue weighted by atomic mass is 16.4. The molecule has 1 atom stereocenters. The van der Waals surface area contributed by atoms with Gasteiger partial charge < -0.3 is 10.4 Å². The minimum absolute atomic E-state index is 0.0183. The Morgan fingerprint density at radius 1 is 1.36 bits per heavy atom. The SMILES string of the molecule is Cc1cc(C)n2nc(C)c(C(=O)NCC(C)CC(=O)O)c2n1. The standard InChI is InChI=1S/C15H20N4O3/c1-8(5-12(20)21)7-16-15(22)13-11(4)18-19-10(3)6-9(2)17-14(13)19/h6,8H,5,7H2,1-4H3,(H,16,22)(H,20,21). The van der Waals surface area contributed by atoms with E-state index in [1.165, 1.54) is 0 Å². The predicted octanol–water partition coefficient (Wildman–Crippen LogP) is 1.50. The number of nitrogens with one attached hydrogen (secondary N) is 1. The Morgan fingerprint density at radius 3 is 2.68 bits per heavy atom. The summed E-state index contributed by atoms with van der Waals surface area (Å²) in [6.07, 6.45) is 0.0183. The Bertz CT molecular complexity index is 736. The summed E-state index contributed by atoms with van der Waals surface area (Å²) in [5.74, 6) is -1.29. The molecule has 0 aliphatic rings. The van der Waals surface area contributed by atoms with Crippen LogP contribution in [0.5, 0.6) is 0 Å². The molecule has 2 N–H and O–H groups in total. The van der Waals surface area contributed by atoms with Crippen molar-refractivity contribution in [2.45, 2.75) is 34.1 Å². The fourth-order valence-corrected chi connectivity index (χ4v) is 2.42. The Morgan fingerprint density at radius 2 is 2.05 bits per heavy atom. The molecule has 2 rings (SSSR count). The van der Waals surface area contributed by atoms with Crippen molar-refractivity contribution in [3.05, 3.63) is 28.7 Å². The quantitative estimate of drug-likeness (QED) is 0.872. The second-order valence-electron chi connectivity index (χ2n) is 5.65. The molecule has 0 fully saturated rings. The molecule has 22 heavy (non-hydrogen) atoms. The van der Waals surface area contributed by atoms with E-state index in [1.54, 1.807) is 18.4 Å². The van der Waals surface area contributed by atoms with E-state index in [2.05, 4.69) is 15.4 Å². The molecule has 118 valence electrons. The highest BCUT2D eigenvalue weighted by Gasteiger charge is 2.20. The van der Waals surface area contributed by atoms with E-state index in [4.69, 9.17) is 5.11 Å². The van der Waals surface area contributed by atoms with Crippen LogP contribution in [0.25, 0.3) is 5.65 Å². The van der Waals surface area contributed by atoms with Gasteiger partial charge in [-0.3, -0.25) is 9.59 Å². The molecule has 7 nitrogen and oxygen atoms in total. The monoisotopic (exact) mass is 304 g/mol. The van der Waals surface area contributed by atoms with Gasteiger partial charge in [0.2, 0.25) is 0 Å². The number of amides is 1. The van der Waals surface area contributed by atoms with Crippen molar-refractivity contribution in [2.24, 2.45) is 5.92 Å². The van der Waals surface area contributed by atoms with Crippen LogP contribution in [0, 0.1) is 26.7 Å². The van der Waals surface area contributed by atoms with Crippen molar-refractivity contribution in [1.82, 2.24) is 19.9 Å². The van der Waals surface area contributed by atoms with Crippen molar-refractivity contribution in [3.8, 4) is 0 Å². The minimum Gasteiger partial charge on any atom is -0.481 e. The molecule has 0 aliphatic heterocycles. The van der Waals surface area contributed by atoms with E-state index < -0.39 is 5.97 Å². The summed E-state index contributed by atoms with van der Waals surface area (Å²) in [6.45, 7) is 7.62. The molecule has 0 saturated heterocycles. The second-order valence-corrected chi connectivity index (χ2v) is 5.65. The summed E-state index contributed by atoms with van der Waals surface area (Å²) in [7, 11) is 0. The van der Waals surface area contributed by atoms with E-state index in [0.29, 0.717) is 23.4 Å². The lowest BCUT2D eigenvalue weighted by Gasteiger charge is -2.10. The van der Waals surface area contributed by atoms with Crippen LogP contribution in [0.3, 0.4) is 0 Å². The fraction of sp³-hybridized carbons (Fsp3) is 0.467. The highest BCUT2D eigenvalue weighted by molar-refractivity contribution is 6.01. The first-order valence-corrected chi connectivity index (χ1v) is 7.13. The number of hydrogen-bond acceptors (Lipinski definition) is 4. The number of aliphatic carboxylic acids is 1. The molecule has 0 bridgehead atoms. The largest absolute Gasteiger partial charge is 0.481 e. The number of hydrogen-bond donors (Lipinski definition) is 2. The third-order valence-electron chi connectivity index (χ3n) is 3.43. The number of fused-ring (bicyclic) bond motifs is 1. The van der Waals surface area contributed by atoms with Gasteiger partial charge in [-0.2, -0.15) is 5.10 Å². The van der Waals surface area contributed by atoms with Crippen LogP contribution in [-0.4, -0.2) is 38.1 Å². The lowest BCUT2D eigenvalue weighted by molar-refractivity contribution is -0.137. The van der Waals surface area contributed by atoms with E-state index in [1.807, 2.05) is 19.9 Å². The first-order valence-electron chi connectivity index (χ1n) is 7.13. The van der Waals surface area contributed by atoms with Crippen LogP contribution in [-0.2, 0) is 4.79 Å². The lowest BCUT2D eigenvalue weighted by Crippen LogP contribution is -2.29. The Kier molecular flexibility index (Phi) is 4.44. The summed E-state index contributed by atoms with van der Waals surface area (Å²) >= 11 is 0. The van der Waals surface area contributed by atoms with Gasteiger partial charge in [-0.05, 0) is 32.8 Å². The molecule has 1 amide bonds. The van der Waals surface area contributed by atoms with Crippen molar-refractivity contribution in [1.29, 1.82) is 0 Å². The third-order valence-corrected chi connectivity index (χ3v) is 3.43. The predicted molar refractivity (Wildman–Crippen MR) is 80.9 cm³/mol. The Hall–Kier alpha value is -2.44. The smallest absolute Gasteiger partial charge is 0.303 e. The number of aromatic nitrogens is 3. The molecular formula is C15H20N4O3. The van der Waals surface area contributed by atoms with Gasteiger partial charge in [0.25, 0.3) is 5.91 Å². The van der Waals surface area contributed by atoms with Gasteiger partial charge >= 0.3 is 5.97 Å². The first-order chi connectivity index (χ1) is 10.3. The van der Waals surface area contributed by atoms with Crippen molar-refractivity contribution >= 4 is 17.5 Å². The van der Waals surface area contributed by atoms with Gasteiger partial charge in [-0.25, -0.2) is 9.50 Å². The molecule has 0 spiro atoms. The van der Waals surface area contributed by atoms with Gasteiger partial charge in [-0.15, -0.1) is 0 Å². The maximum atomic E-state index is 12.4. The second kappa shape index (κ2) is 6.13. The molecule has 2 aromatic rings. The van der Waals surface area contributed by atoms with Crippen LogP contribution >= 0.6 is 0 Å². The molecule has 2 heterocycles. The van der Waals surface area contributed by atoms with Crippen LogP contribution in [0.1, 0.15) is 40.8 Å². The van der Waals surface area contributed by atoms with E-state index in [9.17, 15) is 9.59 Å². The molecule has 7 heteroatoms.